The van der Waals surface area contributed by atoms with Gasteiger partial charge in [0.25, 0.3) is 11.8 Å². The van der Waals surface area contributed by atoms with Crippen LogP contribution >= 0.6 is 11.9 Å². The molecule has 4 bridgehead atoms. The van der Waals surface area contributed by atoms with E-state index < -0.39 is 6.10 Å². The van der Waals surface area contributed by atoms with Gasteiger partial charge in [0.2, 0.25) is 0 Å². The van der Waals surface area contributed by atoms with E-state index in [1.54, 1.807) is 11.0 Å². The number of amides is 2. The summed E-state index contributed by atoms with van der Waals surface area (Å²) in [6, 6.07) is 9.36. The number of nitrogens with zero attached hydrogens (tertiary/aromatic N) is 4. The van der Waals surface area contributed by atoms with Crippen LogP contribution in [0.15, 0.2) is 35.4 Å². The van der Waals surface area contributed by atoms with Gasteiger partial charge in [0.1, 0.15) is 28.6 Å². The summed E-state index contributed by atoms with van der Waals surface area (Å²) in [4.78, 5) is 40.5. The SMILES string of the molecule is CC(C)(C)CCOC1CCN(c2ccc3c(n2)N2CC(CCCNc4cccc(n4)SNC3=O)CC2(C)C)C1=O. The van der Waals surface area contributed by atoms with Crippen LogP contribution in [-0.2, 0) is 9.53 Å². The zero-order valence-corrected chi connectivity index (χ0v) is 25.1. The van der Waals surface area contributed by atoms with Crippen molar-refractivity contribution in [3.8, 4) is 0 Å². The number of fused-ring (bicyclic) bond motifs is 6. The molecule has 5 rings (SSSR count). The second kappa shape index (κ2) is 11.6. The van der Waals surface area contributed by atoms with E-state index in [-0.39, 0.29) is 22.8 Å². The molecule has 5 heterocycles. The lowest BCUT2D eigenvalue weighted by Crippen LogP contribution is -2.40. The number of hydrogen-bond donors (Lipinski definition) is 2. The van der Waals surface area contributed by atoms with Gasteiger partial charge in [-0.2, -0.15) is 0 Å². The highest BCUT2D eigenvalue weighted by atomic mass is 32.2. The maximum atomic E-state index is 13.5. The van der Waals surface area contributed by atoms with E-state index in [1.807, 2.05) is 24.3 Å². The Balaban J connectivity index is 1.42. The number of ether oxygens (including phenoxy) is 1. The highest BCUT2D eigenvalue weighted by Gasteiger charge is 2.41. The predicted octanol–water partition coefficient (Wildman–Crippen LogP) is 5.28. The second-order valence-corrected chi connectivity index (χ2v) is 13.8. The highest BCUT2D eigenvalue weighted by molar-refractivity contribution is 7.97. The van der Waals surface area contributed by atoms with E-state index >= 15 is 0 Å². The molecular weight excluding hydrogens is 524 g/mol. The van der Waals surface area contributed by atoms with Crippen LogP contribution in [0.4, 0.5) is 17.5 Å². The molecule has 9 nitrogen and oxygen atoms in total. The van der Waals surface area contributed by atoms with Crippen LogP contribution in [0.2, 0.25) is 0 Å². The minimum atomic E-state index is -0.453. The van der Waals surface area contributed by atoms with E-state index in [4.69, 9.17) is 9.72 Å². The van der Waals surface area contributed by atoms with Gasteiger partial charge in [-0.3, -0.25) is 19.2 Å². The standard InChI is InChI=1S/C30H42N6O3S/c1-29(2,3)14-17-39-22-13-16-35(28(22)38)24-12-11-21-26(33-24)36-19-20(18-30(36,4)5)8-7-15-31-23-9-6-10-25(32-23)40-34-27(21)37/h6,9-12,20,22H,7-8,13-19H2,1-5H3,(H,31,32)(H,34,37). The van der Waals surface area contributed by atoms with Crippen LogP contribution in [0.5, 0.6) is 0 Å². The largest absolute Gasteiger partial charge is 0.370 e. The summed E-state index contributed by atoms with van der Waals surface area (Å²) in [5, 5.41) is 4.13. The molecule has 10 heteroatoms. The van der Waals surface area contributed by atoms with Crippen molar-refractivity contribution in [3.05, 3.63) is 35.9 Å². The Kier molecular flexibility index (Phi) is 8.29. The molecule has 2 unspecified atom stereocenters. The van der Waals surface area contributed by atoms with Gasteiger partial charge in [0, 0.05) is 50.1 Å². The van der Waals surface area contributed by atoms with Crippen LogP contribution in [0.25, 0.3) is 0 Å². The molecular formula is C30H42N6O3S. The maximum absolute atomic E-state index is 13.5. The number of nitrogens with one attached hydrogen (secondary N) is 2. The van der Waals surface area contributed by atoms with Gasteiger partial charge < -0.3 is 15.0 Å². The maximum Gasteiger partial charge on any atom is 0.265 e. The highest BCUT2D eigenvalue weighted by Crippen LogP contribution is 2.40. The van der Waals surface area contributed by atoms with Gasteiger partial charge in [0.05, 0.1) is 5.56 Å². The van der Waals surface area contributed by atoms with E-state index in [1.165, 1.54) is 11.9 Å². The first-order valence-corrected chi connectivity index (χ1v) is 15.2. The van der Waals surface area contributed by atoms with Crippen LogP contribution in [-0.4, -0.2) is 59.7 Å². The Morgan fingerprint density at radius 1 is 1.12 bits per heavy atom. The monoisotopic (exact) mass is 566 g/mol. The summed E-state index contributed by atoms with van der Waals surface area (Å²) in [6.45, 7) is 13.7. The Morgan fingerprint density at radius 2 is 1.95 bits per heavy atom. The van der Waals surface area contributed by atoms with Gasteiger partial charge in [-0.1, -0.05) is 26.8 Å². The molecule has 2 aromatic heterocycles. The van der Waals surface area contributed by atoms with Crippen molar-refractivity contribution in [1.82, 2.24) is 14.7 Å². The summed E-state index contributed by atoms with van der Waals surface area (Å²) in [5.74, 6) is 2.20. The number of anilines is 3. The molecule has 2 N–H and O–H groups in total. The van der Waals surface area contributed by atoms with Gasteiger partial charge in [-0.25, -0.2) is 9.97 Å². The Morgan fingerprint density at radius 3 is 2.75 bits per heavy atom. The summed E-state index contributed by atoms with van der Waals surface area (Å²) < 4.78 is 8.95. The van der Waals surface area contributed by atoms with Crippen molar-refractivity contribution in [3.63, 3.8) is 0 Å². The van der Waals surface area contributed by atoms with E-state index in [0.717, 1.165) is 44.6 Å². The van der Waals surface area contributed by atoms with Gasteiger partial charge >= 0.3 is 0 Å². The third kappa shape index (κ3) is 6.54. The lowest BCUT2D eigenvalue weighted by Gasteiger charge is -2.34. The Labute approximate surface area is 242 Å². The number of aromatic nitrogens is 2. The Hall–Kier alpha value is -2.85. The number of carbonyl (C=O) groups is 2. The summed E-state index contributed by atoms with van der Waals surface area (Å²) in [7, 11) is 0. The van der Waals surface area contributed by atoms with Crippen molar-refractivity contribution < 1.29 is 14.3 Å². The molecule has 3 aliphatic rings. The molecule has 0 spiro atoms. The smallest absolute Gasteiger partial charge is 0.265 e. The third-order valence-corrected chi connectivity index (χ3v) is 8.72. The molecule has 2 atom stereocenters. The number of pyridine rings is 2. The van der Waals surface area contributed by atoms with Crippen LogP contribution in [0.1, 0.15) is 77.1 Å². The number of hydrogen-bond acceptors (Lipinski definition) is 8. The summed E-state index contributed by atoms with van der Waals surface area (Å²) in [6.07, 6.45) is 4.18. The number of rotatable bonds is 4. The molecule has 2 saturated heterocycles. The minimum Gasteiger partial charge on any atom is -0.370 e. The molecule has 2 amide bonds. The quantitative estimate of drug-likeness (QED) is 0.482. The van der Waals surface area contributed by atoms with Gasteiger partial charge in [0.15, 0.2) is 0 Å². The first-order valence-electron chi connectivity index (χ1n) is 14.4. The summed E-state index contributed by atoms with van der Waals surface area (Å²) >= 11 is 1.19. The fourth-order valence-electron chi connectivity index (χ4n) is 5.80. The lowest BCUT2D eigenvalue weighted by molar-refractivity contribution is -0.127. The Bertz CT molecular complexity index is 1250. The average molecular weight is 567 g/mol. The van der Waals surface area contributed by atoms with Crippen molar-refractivity contribution in [2.45, 2.75) is 83.4 Å². The first kappa shape index (κ1) is 28.7. The molecule has 0 aliphatic carbocycles. The van der Waals surface area contributed by atoms with E-state index in [0.29, 0.717) is 47.7 Å². The zero-order chi connectivity index (χ0) is 28.5. The molecule has 0 saturated carbocycles. The molecule has 2 aromatic rings. The zero-order valence-electron chi connectivity index (χ0n) is 24.3. The molecule has 40 heavy (non-hydrogen) atoms. The predicted molar refractivity (Wildman–Crippen MR) is 160 cm³/mol. The fraction of sp³-hybridized carbons (Fsp3) is 0.600. The lowest BCUT2D eigenvalue weighted by atomic mass is 9.93. The second-order valence-electron chi connectivity index (χ2n) is 12.9. The van der Waals surface area contributed by atoms with Crippen LogP contribution < -0.4 is 19.8 Å². The molecule has 2 fully saturated rings. The van der Waals surface area contributed by atoms with Crippen molar-refractivity contribution in [2.75, 3.05) is 41.4 Å². The third-order valence-electron chi connectivity index (χ3n) is 7.99. The topological polar surface area (TPSA) is 99.7 Å². The van der Waals surface area contributed by atoms with Crippen molar-refractivity contribution >= 4 is 41.2 Å². The summed E-state index contributed by atoms with van der Waals surface area (Å²) in [5.41, 5.74) is 0.473. The fourth-order valence-corrected chi connectivity index (χ4v) is 6.40. The first-order chi connectivity index (χ1) is 19.0. The molecule has 216 valence electrons. The van der Waals surface area contributed by atoms with Crippen LogP contribution in [0, 0.1) is 11.3 Å². The van der Waals surface area contributed by atoms with E-state index in [2.05, 4.69) is 54.5 Å². The normalized spacial score (nSPS) is 23.2. The van der Waals surface area contributed by atoms with Crippen molar-refractivity contribution in [2.24, 2.45) is 11.3 Å². The van der Waals surface area contributed by atoms with Crippen LogP contribution in [0.3, 0.4) is 0 Å². The number of carbonyl (C=O) groups excluding carboxylic acids is 2. The van der Waals surface area contributed by atoms with E-state index in [9.17, 15) is 9.59 Å². The molecule has 3 aliphatic heterocycles. The van der Waals surface area contributed by atoms with Gasteiger partial charge in [-0.05, 0) is 75.1 Å². The molecule has 0 radical (unpaired) electrons. The van der Waals surface area contributed by atoms with Crippen molar-refractivity contribution in [1.29, 1.82) is 0 Å². The molecule has 0 aromatic carbocycles. The minimum absolute atomic E-state index is 0.0597. The van der Waals surface area contributed by atoms with Gasteiger partial charge in [-0.15, -0.1) is 0 Å². The average Bonchev–Trinajstić information content (AvgIpc) is 3.41.